The van der Waals surface area contributed by atoms with Gasteiger partial charge in [0.05, 0.1) is 13.7 Å². The minimum absolute atomic E-state index is 0.304. The number of hydrogen-bond donors (Lipinski definition) is 1. The first-order chi connectivity index (χ1) is 10.7. The van der Waals surface area contributed by atoms with E-state index in [4.69, 9.17) is 14.2 Å². The normalized spacial score (nSPS) is 12.2. The molecule has 1 unspecified atom stereocenters. The van der Waals surface area contributed by atoms with Gasteiger partial charge in [0, 0.05) is 6.42 Å². The Hall–Kier alpha value is -2.24. The number of ether oxygens (including phenoxy) is 3. The van der Waals surface area contributed by atoms with E-state index in [1.165, 1.54) is 7.11 Å². The molecule has 23 heavy (non-hydrogen) atoms. The molecular weight excluding hydrogens is 298 g/mol. The molecule has 0 spiro atoms. The summed E-state index contributed by atoms with van der Waals surface area (Å²) in [5.74, 6) is 0.232. The molecular formula is C17H25NO5. The number of amides is 1. The van der Waals surface area contributed by atoms with E-state index in [2.05, 4.69) is 5.32 Å². The lowest BCUT2D eigenvalue weighted by atomic mass is 10.1. The van der Waals surface area contributed by atoms with Crippen molar-refractivity contribution in [3.05, 3.63) is 29.8 Å². The summed E-state index contributed by atoms with van der Waals surface area (Å²) in [6.07, 6.45) is -0.350. The second-order valence-corrected chi connectivity index (χ2v) is 6.00. The van der Waals surface area contributed by atoms with Crippen LogP contribution in [0.5, 0.6) is 5.75 Å². The van der Waals surface area contributed by atoms with E-state index in [9.17, 15) is 9.59 Å². The van der Waals surface area contributed by atoms with Crippen LogP contribution in [0.25, 0.3) is 0 Å². The Kier molecular flexibility index (Phi) is 6.88. The number of alkyl carbamates (subject to hydrolysis) is 1. The van der Waals surface area contributed by atoms with Crippen molar-refractivity contribution < 1.29 is 23.8 Å². The van der Waals surface area contributed by atoms with Gasteiger partial charge in [-0.1, -0.05) is 12.1 Å². The molecule has 0 radical (unpaired) electrons. The first-order valence-electron chi connectivity index (χ1n) is 7.54. The van der Waals surface area contributed by atoms with Gasteiger partial charge in [0.2, 0.25) is 0 Å². The summed E-state index contributed by atoms with van der Waals surface area (Å²) >= 11 is 0. The highest BCUT2D eigenvalue weighted by Crippen LogP contribution is 2.14. The maximum atomic E-state index is 11.9. The molecule has 1 aromatic carbocycles. The predicted octanol–water partition coefficient (Wildman–Crippen LogP) is 2.69. The fourth-order valence-electron chi connectivity index (χ4n) is 1.91. The Morgan fingerprint density at radius 2 is 1.78 bits per heavy atom. The average Bonchev–Trinajstić information content (AvgIpc) is 2.46. The number of rotatable bonds is 6. The maximum Gasteiger partial charge on any atom is 0.408 e. The van der Waals surface area contributed by atoms with Gasteiger partial charge < -0.3 is 19.5 Å². The Bertz CT molecular complexity index is 519. The van der Waals surface area contributed by atoms with E-state index in [-0.39, 0.29) is 0 Å². The number of carbonyl (C=O) groups excluding carboxylic acids is 2. The van der Waals surface area contributed by atoms with Crippen molar-refractivity contribution in [2.24, 2.45) is 0 Å². The molecule has 0 saturated heterocycles. The molecule has 0 fully saturated rings. The standard InChI is InChI=1S/C17H25NO5/c1-6-22-13-9-7-12(8-10-13)11-14(15(19)21-5)18-16(20)23-17(2,3)4/h7-10,14H,6,11H2,1-5H3,(H,18,20). The van der Waals surface area contributed by atoms with Crippen LogP contribution in [0.15, 0.2) is 24.3 Å². The molecule has 0 heterocycles. The minimum atomic E-state index is -0.812. The van der Waals surface area contributed by atoms with Crippen molar-refractivity contribution >= 4 is 12.1 Å². The Morgan fingerprint density at radius 3 is 2.26 bits per heavy atom. The van der Waals surface area contributed by atoms with Crippen LogP contribution in [0, 0.1) is 0 Å². The highest BCUT2D eigenvalue weighted by Gasteiger charge is 2.25. The lowest BCUT2D eigenvalue weighted by Crippen LogP contribution is -2.45. The van der Waals surface area contributed by atoms with Crippen LogP contribution in [0.4, 0.5) is 4.79 Å². The summed E-state index contributed by atoms with van der Waals surface area (Å²) < 4.78 is 15.3. The summed E-state index contributed by atoms with van der Waals surface area (Å²) in [5.41, 5.74) is 0.240. The molecule has 1 amide bonds. The van der Waals surface area contributed by atoms with Gasteiger partial charge in [-0.25, -0.2) is 9.59 Å². The smallest absolute Gasteiger partial charge is 0.408 e. The summed E-state index contributed by atoms with van der Waals surface area (Å²) in [5, 5.41) is 2.55. The third-order valence-electron chi connectivity index (χ3n) is 2.85. The predicted molar refractivity (Wildman–Crippen MR) is 86.5 cm³/mol. The molecule has 1 N–H and O–H groups in total. The van der Waals surface area contributed by atoms with Gasteiger partial charge in [0.15, 0.2) is 0 Å². The molecule has 6 nitrogen and oxygen atoms in total. The molecule has 6 heteroatoms. The minimum Gasteiger partial charge on any atom is -0.494 e. The number of methoxy groups -OCH3 is 1. The average molecular weight is 323 g/mol. The summed E-state index contributed by atoms with van der Waals surface area (Å²) in [4.78, 5) is 23.7. The van der Waals surface area contributed by atoms with E-state index in [0.717, 1.165) is 11.3 Å². The van der Waals surface area contributed by atoms with E-state index in [1.54, 1.807) is 20.8 Å². The van der Waals surface area contributed by atoms with Crippen molar-refractivity contribution in [3.63, 3.8) is 0 Å². The molecule has 0 aliphatic heterocycles. The van der Waals surface area contributed by atoms with Crippen LogP contribution in [0.1, 0.15) is 33.3 Å². The fraction of sp³-hybridized carbons (Fsp3) is 0.529. The van der Waals surface area contributed by atoms with Crippen LogP contribution in [0.2, 0.25) is 0 Å². The van der Waals surface area contributed by atoms with Gasteiger partial charge in [0.1, 0.15) is 17.4 Å². The first-order valence-corrected chi connectivity index (χ1v) is 7.54. The Labute approximate surface area is 137 Å². The molecule has 1 rings (SSSR count). The zero-order valence-electron chi connectivity index (χ0n) is 14.3. The number of nitrogens with one attached hydrogen (secondary N) is 1. The molecule has 1 atom stereocenters. The van der Waals surface area contributed by atoms with E-state index in [0.29, 0.717) is 13.0 Å². The van der Waals surface area contributed by atoms with E-state index in [1.807, 2.05) is 31.2 Å². The largest absolute Gasteiger partial charge is 0.494 e. The second kappa shape index (κ2) is 8.41. The molecule has 0 aliphatic carbocycles. The molecule has 0 saturated carbocycles. The topological polar surface area (TPSA) is 73.9 Å². The quantitative estimate of drug-likeness (QED) is 0.815. The van der Waals surface area contributed by atoms with Crippen molar-refractivity contribution in [2.45, 2.75) is 45.8 Å². The van der Waals surface area contributed by atoms with Gasteiger partial charge in [-0.15, -0.1) is 0 Å². The summed E-state index contributed by atoms with van der Waals surface area (Å²) in [7, 11) is 1.28. The van der Waals surface area contributed by atoms with Gasteiger partial charge in [-0.3, -0.25) is 0 Å². The highest BCUT2D eigenvalue weighted by molar-refractivity contribution is 5.81. The Balaban J connectivity index is 2.74. The van der Waals surface area contributed by atoms with Crippen molar-refractivity contribution in [3.8, 4) is 5.75 Å². The zero-order chi connectivity index (χ0) is 17.5. The second-order valence-electron chi connectivity index (χ2n) is 6.00. The first kappa shape index (κ1) is 18.8. The third-order valence-corrected chi connectivity index (χ3v) is 2.85. The number of esters is 1. The van der Waals surface area contributed by atoms with E-state index >= 15 is 0 Å². The third kappa shape index (κ3) is 7.04. The SMILES string of the molecule is CCOc1ccc(CC(NC(=O)OC(C)(C)C)C(=O)OC)cc1. The van der Waals surface area contributed by atoms with Gasteiger partial charge in [-0.05, 0) is 45.4 Å². The van der Waals surface area contributed by atoms with Gasteiger partial charge in [0.25, 0.3) is 0 Å². The van der Waals surface area contributed by atoms with Crippen LogP contribution in [-0.2, 0) is 20.7 Å². The summed E-state index contributed by atoms with van der Waals surface area (Å²) in [6.45, 7) is 7.76. The zero-order valence-corrected chi connectivity index (χ0v) is 14.3. The van der Waals surface area contributed by atoms with Crippen molar-refractivity contribution in [1.29, 1.82) is 0 Å². The number of hydrogen-bond acceptors (Lipinski definition) is 5. The number of benzene rings is 1. The highest BCUT2D eigenvalue weighted by atomic mass is 16.6. The van der Waals surface area contributed by atoms with Crippen molar-refractivity contribution in [2.75, 3.05) is 13.7 Å². The molecule has 0 aliphatic rings. The van der Waals surface area contributed by atoms with Crippen LogP contribution in [-0.4, -0.2) is 37.4 Å². The molecule has 0 aromatic heterocycles. The maximum absolute atomic E-state index is 11.9. The lowest BCUT2D eigenvalue weighted by Gasteiger charge is -2.22. The Morgan fingerprint density at radius 1 is 1.17 bits per heavy atom. The monoisotopic (exact) mass is 323 g/mol. The lowest BCUT2D eigenvalue weighted by molar-refractivity contribution is -0.143. The van der Waals surface area contributed by atoms with Crippen LogP contribution in [0.3, 0.4) is 0 Å². The fourth-order valence-corrected chi connectivity index (χ4v) is 1.91. The molecule has 1 aromatic rings. The number of carbonyl (C=O) groups is 2. The van der Waals surface area contributed by atoms with Gasteiger partial charge in [-0.2, -0.15) is 0 Å². The van der Waals surface area contributed by atoms with Crippen LogP contribution < -0.4 is 10.1 Å². The van der Waals surface area contributed by atoms with Crippen LogP contribution >= 0.6 is 0 Å². The van der Waals surface area contributed by atoms with Gasteiger partial charge >= 0.3 is 12.1 Å². The summed E-state index contributed by atoms with van der Waals surface area (Å²) in [6, 6.07) is 6.52. The van der Waals surface area contributed by atoms with Crippen molar-refractivity contribution in [1.82, 2.24) is 5.32 Å². The molecule has 128 valence electrons. The van der Waals surface area contributed by atoms with E-state index < -0.39 is 23.7 Å². The molecule has 0 bridgehead atoms.